The third-order valence-corrected chi connectivity index (χ3v) is 4.32. The van der Waals surface area contributed by atoms with E-state index in [0.29, 0.717) is 12.6 Å². The van der Waals surface area contributed by atoms with Gasteiger partial charge in [0.2, 0.25) is 5.91 Å². The summed E-state index contributed by atoms with van der Waals surface area (Å²) in [6, 6.07) is 8.27. The Balaban J connectivity index is 1.71. The maximum atomic E-state index is 12.5. The summed E-state index contributed by atoms with van der Waals surface area (Å²) < 4.78 is 5.61. The zero-order valence-electron chi connectivity index (χ0n) is 11.4. The Morgan fingerprint density at radius 1 is 1.26 bits per heavy atom. The van der Waals surface area contributed by atoms with E-state index in [0.717, 1.165) is 36.5 Å². The highest BCUT2D eigenvalue weighted by atomic mass is 16.5. The first kappa shape index (κ1) is 12.5. The number of carbonyl (C=O) groups is 1. The molecule has 1 fully saturated rings. The number of ether oxygens (including phenoxy) is 1. The van der Waals surface area contributed by atoms with Crippen LogP contribution in [-0.2, 0) is 4.79 Å². The second-order valence-corrected chi connectivity index (χ2v) is 5.85. The highest BCUT2D eigenvalue weighted by molar-refractivity contribution is 5.85. The maximum Gasteiger partial charge on any atom is 0.228 e. The van der Waals surface area contributed by atoms with Gasteiger partial charge in [0.25, 0.3) is 0 Å². The molecule has 102 valence electrons. The second kappa shape index (κ2) is 5.24. The summed E-state index contributed by atoms with van der Waals surface area (Å²) >= 11 is 0. The summed E-state index contributed by atoms with van der Waals surface area (Å²) in [6.45, 7) is 2.89. The molecule has 2 aliphatic rings. The first-order valence-corrected chi connectivity index (χ1v) is 7.26. The first-order chi connectivity index (χ1) is 9.24. The molecule has 1 aliphatic carbocycles. The molecule has 19 heavy (non-hydrogen) atoms. The normalized spacial score (nSPS) is 29.4. The number of carbonyl (C=O) groups excluding carboxylic acids is 1. The summed E-state index contributed by atoms with van der Waals surface area (Å²) in [6.07, 6.45) is 4.26. The van der Waals surface area contributed by atoms with E-state index in [1.807, 2.05) is 24.3 Å². The van der Waals surface area contributed by atoms with Gasteiger partial charge < -0.3 is 10.1 Å². The van der Waals surface area contributed by atoms with E-state index in [-0.39, 0.29) is 11.8 Å². The van der Waals surface area contributed by atoms with E-state index in [1.165, 1.54) is 6.42 Å². The van der Waals surface area contributed by atoms with Crippen LogP contribution in [-0.4, -0.2) is 18.6 Å². The van der Waals surface area contributed by atoms with Gasteiger partial charge in [-0.3, -0.25) is 4.79 Å². The summed E-state index contributed by atoms with van der Waals surface area (Å²) in [4.78, 5) is 12.5. The summed E-state index contributed by atoms with van der Waals surface area (Å²) in [5.74, 6) is 1.75. The third-order valence-electron chi connectivity index (χ3n) is 4.32. The monoisotopic (exact) mass is 259 g/mol. The van der Waals surface area contributed by atoms with Gasteiger partial charge in [0.05, 0.1) is 12.5 Å². The van der Waals surface area contributed by atoms with E-state index in [4.69, 9.17) is 4.74 Å². The lowest BCUT2D eigenvalue weighted by molar-refractivity contribution is -0.123. The summed E-state index contributed by atoms with van der Waals surface area (Å²) in [5, 5.41) is 3.23. The Hall–Kier alpha value is -1.51. The lowest BCUT2D eigenvalue weighted by Crippen LogP contribution is -2.38. The van der Waals surface area contributed by atoms with E-state index in [9.17, 15) is 4.79 Å². The topological polar surface area (TPSA) is 38.3 Å². The van der Waals surface area contributed by atoms with Crippen LogP contribution in [0.4, 0.5) is 0 Å². The molecule has 0 aromatic heterocycles. The number of hydrogen-bond donors (Lipinski definition) is 1. The molecule has 3 heteroatoms. The molecule has 0 saturated heterocycles. The van der Waals surface area contributed by atoms with Gasteiger partial charge in [-0.05, 0) is 37.7 Å². The maximum absolute atomic E-state index is 12.5. The average Bonchev–Trinajstić information content (AvgIpc) is 2.83. The van der Waals surface area contributed by atoms with E-state index in [1.54, 1.807) is 0 Å². The molecule has 1 amide bonds. The Morgan fingerprint density at radius 3 is 2.89 bits per heavy atom. The molecule has 0 bridgehead atoms. The molecule has 1 heterocycles. The molecule has 3 atom stereocenters. The molecule has 1 saturated carbocycles. The molecule has 0 spiro atoms. The van der Waals surface area contributed by atoms with Gasteiger partial charge in [0, 0.05) is 11.6 Å². The lowest BCUT2D eigenvalue weighted by Gasteiger charge is -2.26. The van der Waals surface area contributed by atoms with Crippen LogP contribution in [0, 0.1) is 5.92 Å². The van der Waals surface area contributed by atoms with Crippen molar-refractivity contribution in [2.24, 2.45) is 5.92 Å². The zero-order chi connectivity index (χ0) is 13.2. The predicted molar refractivity (Wildman–Crippen MR) is 74.2 cm³/mol. The first-order valence-electron chi connectivity index (χ1n) is 7.26. The van der Waals surface area contributed by atoms with Crippen LogP contribution in [0.3, 0.4) is 0 Å². The van der Waals surface area contributed by atoms with Gasteiger partial charge in [-0.15, -0.1) is 0 Å². The molecule has 1 aromatic carbocycles. The highest BCUT2D eigenvalue weighted by Gasteiger charge is 2.30. The van der Waals surface area contributed by atoms with Gasteiger partial charge in [0.1, 0.15) is 5.75 Å². The van der Waals surface area contributed by atoms with Crippen molar-refractivity contribution in [2.45, 2.75) is 44.6 Å². The quantitative estimate of drug-likeness (QED) is 0.887. The molecule has 0 radical (unpaired) electrons. The van der Waals surface area contributed by atoms with Gasteiger partial charge in [0.15, 0.2) is 0 Å². The standard InChI is InChI=1S/C16H21NO2/c1-11-6-7-12(10-11)17-16(18)14-8-9-19-15-5-3-2-4-13(14)15/h2-5,11-12,14H,6-10H2,1H3,(H,17,18). The van der Waals surface area contributed by atoms with Crippen molar-refractivity contribution in [3.05, 3.63) is 29.8 Å². The fourth-order valence-electron chi connectivity index (χ4n) is 3.25. The van der Waals surface area contributed by atoms with Crippen molar-refractivity contribution in [1.82, 2.24) is 5.32 Å². The van der Waals surface area contributed by atoms with Crippen molar-refractivity contribution in [2.75, 3.05) is 6.61 Å². The minimum Gasteiger partial charge on any atom is -0.493 e. The Bertz CT molecular complexity index is 472. The molecule has 3 rings (SSSR count). The molecule has 1 aromatic rings. The van der Waals surface area contributed by atoms with Crippen LogP contribution in [0.25, 0.3) is 0 Å². The number of fused-ring (bicyclic) bond motifs is 1. The SMILES string of the molecule is CC1CCC(NC(=O)C2CCOc3ccccc32)C1. The molecule has 1 N–H and O–H groups in total. The smallest absolute Gasteiger partial charge is 0.228 e. The van der Waals surface area contributed by atoms with Crippen LogP contribution in [0.2, 0.25) is 0 Å². The van der Waals surface area contributed by atoms with Gasteiger partial charge in [-0.25, -0.2) is 0 Å². The number of para-hydroxylation sites is 1. The molecule has 3 unspecified atom stereocenters. The van der Waals surface area contributed by atoms with Gasteiger partial charge in [-0.2, -0.15) is 0 Å². The van der Waals surface area contributed by atoms with E-state index in [2.05, 4.69) is 12.2 Å². The summed E-state index contributed by atoms with van der Waals surface area (Å²) in [5.41, 5.74) is 1.04. The van der Waals surface area contributed by atoms with Gasteiger partial charge in [-0.1, -0.05) is 25.1 Å². The van der Waals surface area contributed by atoms with E-state index >= 15 is 0 Å². The van der Waals surface area contributed by atoms with Crippen LogP contribution < -0.4 is 10.1 Å². The number of amides is 1. The Labute approximate surface area is 114 Å². The average molecular weight is 259 g/mol. The van der Waals surface area contributed by atoms with Crippen LogP contribution in [0.5, 0.6) is 5.75 Å². The number of hydrogen-bond acceptors (Lipinski definition) is 2. The van der Waals surface area contributed by atoms with Crippen LogP contribution in [0.1, 0.15) is 44.1 Å². The zero-order valence-corrected chi connectivity index (χ0v) is 11.4. The Morgan fingerprint density at radius 2 is 2.11 bits per heavy atom. The van der Waals surface area contributed by atoms with Crippen molar-refractivity contribution >= 4 is 5.91 Å². The van der Waals surface area contributed by atoms with Crippen molar-refractivity contribution in [3.63, 3.8) is 0 Å². The third kappa shape index (κ3) is 2.60. The Kier molecular flexibility index (Phi) is 3.45. The lowest BCUT2D eigenvalue weighted by atomic mass is 9.92. The minimum absolute atomic E-state index is 0.0409. The van der Waals surface area contributed by atoms with E-state index < -0.39 is 0 Å². The fourth-order valence-corrected chi connectivity index (χ4v) is 3.25. The second-order valence-electron chi connectivity index (χ2n) is 5.85. The predicted octanol–water partition coefficient (Wildman–Crippen LogP) is 2.86. The van der Waals surface area contributed by atoms with Crippen molar-refractivity contribution in [1.29, 1.82) is 0 Å². The van der Waals surface area contributed by atoms with Crippen molar-refractivity contribution in [3.8, 4) is 5.75 Å². The minimum atomic E-state index is -0.0409. The number of benzene rings is 1. The molecular formula is C16H21NO2. The fraction of sp³-hybridized carbons (Fsp3) is 0.562. The van der Waals surface area contributed by atoms with Gasteiger partial charge >= 0.3 is 0 Å². The van der Waals surface area contributed by atoms with Crippen molar-refractivity contribution < 1.29 is 9.53 Å². The molecule has 1 aliphatic heterocycles. The van der Waals surface area contributed by atoms with Crippen LogP contribution in [0.15, 0.2) is 24.3 Å². The highest BCUT2D eigenvalue weighted by Crippen LogP contribution is 2.34. The molecular weight excluding hydrogens is 238 g/mol. The number of nitrogens with one attached hydrogen (secondary N) is 1. The number of rotatable bonds is 2. The summed E-state index contributed by atoms with van der Waals surface area (Å²) in [7, 11) is 0. The van der Waals surface area contributed by atoms with Crippen LogP contribution >= 0.6 is 0 Å². The molecule has 3 nitrogen and oxygen atoms in total. The largest absolute Gasteiger partial charge is 0.493 e.